The maximum atomic E-state index is 12.8. The van der Waals surface area contributed by atoms with Crippen LogP contribution in [0.15, 0.2) is 59.4 Å². The van der Waals surface area contributed by atoms with Crippen molar-refractivity contribution < 1.29 is 4.79 Å². The number of aromatic nitrogens is 2. The molecule has 0 aliphatic heterocycles. The summed E-state index contributed by atoms with van der Waals surface area (Å²) in [6.45, 7) is 4.53. The second-order valence-electron chi connectivity index (χ2n) is 6.35. The highest BCUT2D eigenvalue weighted by molar-refractivity contribution is 6.04. The van der Waals surface area contributed by atoms with Gasteiger partial charge in [-0.2, -0.15) is 5.10 Å². The molecular formula is C21H24N4O2. The zero-order chi connectivity index (χ0) is 19.1. The Morgan fingerprint density at radius 1 is 0.963 bits per heavy atom. The molecule has 0 atom stereocenters. The van der Waals surface area contributed by atoms with Crippen molar-refractivity contribution in [3.8, 4) is 0 Å². The summed E-state index contributed by atoms with van der Waals surface area (Å²) in [5.74, 6) is -0.272. The predicted molar refractivity (Wildman–Crippen MR) is 107 cm³/mol. The lowest BCUT2D eigenvalue weighted by Crippen LogP contribution is -2.34. The lowest BCUT2D eigenvalue weighted by atomic mass is 10.1. The van der Waals surface area contributed by atoms with Crippen molar-refractivity contribution in [1.82, 2.24) is 20.4 Å². The normalized spacial score (nSPS) is 10.9. The Bertz CT molecular complexity index is 967. The number of nitrogens with zero attached hydrogens (tertiary/aromatic N) is 2. The number of hydrogen-bond acceptors (Lipinski definition) is 4. The molecule has 0 saturated heterocycles. The lowest BCUT2D eigenvalue weighted by molar-refractivity contribution is 0.0948. The molecule has 6 heteroatoms. The molecule has 1 heterocycles. The summed E-state index contributed by atoms with van der Waals surface area (Å²) in [5.41, 5.74) is 1.03. The average molecular weight is 364 g/mol. The molecule has 2 N–H and O–H groups in total. The molecule has 0 radical (unpaired) electrons. The van der Waals surface area contributed by atoms with E-state index in [1.807, 2.05) is 36.4 Å². The Hall–Kier alpha value is -2.99. The van der Waals surface area contributed by atoms with Gasteiger partial charge in [0, 0.05) is 18.5 Å². The highest BCUT2D eigenvalue weighted by atomic mass is 16.2. The van der Waals surface area contributed by atoms with E-state index in [1.54, 1.807) is 18.2 Å². The molecule has 1 amide bonds. The number of nitrogens with one attached hydrogen (secondary N) is 2. The van der Waals surface area contributed by atoms with Crippen LogP contribution in [0.25, 0.3) is 10.8 Å². The molecule has 0 aliphatic rings. The molecule has 27 heavy (non-hydrogen) atoms. The zero-order valence-electron chi connectivity index (χ0n) is 15.4. The molecule has 0 unspecified atom stereocenters. The zero-order valence-corrected chi connectivity index (χ0v) is 15.4. The van der Waals surface area contributed by atoms with Gasteiger partial charge in [0.1, 0.15) is 0 Å². The first-order valence-corrected chi connectivity index (χ1v) is 9.23. The van der Waals surface area contributed by atoms with E-state index in [-0.39, 0.29) is 17.2 Å². The molecular weight excluding hydrogens is 340 g/mol. The van der Waals surface area contributed by atoms with E-state index < -0.39 is 0 Å². The number of benzene rings is 2. The van der Waals surface area contributed by atoms with Crippen molar-refractivity contribution in [2.45, 2.75) is 19.9 Å². The maximum absolute atomic E-state index is 12.8. The smallest absolute Gasteiger partial charge is 0.274 e. The van der Waals surface area contributed by atoms with Gasteiger partial charge in [-0.25, -0.2) is 4.68 Å². The summed E-state index contributed by atoms with van der Waals surface area (Å²) in [7, 11) is 0. The quantitative estimate of drug-likeness (QED) is 0.601. The van der Waals surface area contributed by atoms with E-state index in [0.29, 0.717) is 30.4 Å². The summed E-state index contributed by atoms with van der Waals surface area (Å²) in [4.78, 5) is 25.5. The van der Waals surface area contributed by atoms with Crippen LogP contribution in [0.2, 0.25) is 0 Å². The van der Waals surface area contributed by atoms with Gasteiger partial charge < -0.3 is 10.6 Å². The van der Waals surface area contributed by atoms with Crippen LogP contribution >= 0.6 is 0 Å². The van der Waals surface area contributed by atoms with Gasteiger partial charge in [-0.3, -0.25) is 9.59 Å². The fraction of sp³-hybridized carbons (Fsp3) is 0.286. The van der Waals surface area contributed by atoms with Crippen molar-refractivity contribution in [2.75, 3.05) is 19.6 Å². The van der Waals surface area contributed by atoms with Crippen molar-refractivity contribution in [3.05, 3.63) is 76.2 Å². The van der Waals surface area contributed by atoms with Crippen molar-refractivity contribution in [2.24, 2.45) is 0 Å². The highest BCUT2D eigenvalue weighted by Crippen LogP contribution is 2.13. The molecule has 0 spiro atoms. The average Bonchev–Trinajstić information content (AvgIpc) is 2.70. The summed E-state index contributed by atoms with van der Waals surface area (Å²) < 4.78 is 1.36. The Kier molecular flexibility index (Phi) is 6.33. The minimum Gasteiger partial charge on any atom is -0.349 e. The Morgan fingerprint density at radius 2 is 1.67 bits per heavy atom. The van der Waals surface area contributed by atoms with E-state index in [9.17, 15) is 9.59 Å². The van der Waals surface area contributed by atoms with Crippen LogP contribution < -0.4 is 16.2 Å². The van der Waals surface area contributed by atoms with Crippen molar-refractivity contribution in [1.29, 1.82) is 0 Å². The van der Waals surface area contributed by atoms with Gasteiger partial charge in [0.15, 0.2) is 5.69 Å². The van der Waals surface area contributed by atoms with E-state index >= 15 is 0 Å². The number of carbonyl (C=O) groups is 1. The molecule has 0 bridgehead atoms. The molecule has 140 valence electrons. The Morgan fingerprint density at radius 3 is 2.41 bits per heavy atom. The summed E-state index contributed by atoms with van der Waals surface area (Å²) in [5, 5.41) is 11.6. The Balaban J connectivity index is 1.90. The predicted octanol–water partition coefficient (Wildman–Crippen LogP) is 2.17. The first kappa shape index (κ1) is 18.8. The van der Waals surface area contributed by atoms with Gasteiger partial charge in [0.2, 0.25) is 0 Å². The van der Waals surface area contributed by atoms with Gasteiger partial charge in [-0.05, 0) is 24.6 Å². The third kappa shape index (κ3) is 4.60. The van der Waals surface area contributed by atoms with Crippen LogP contribution in [0.1, 0.15) is 29.4 Å². The van der Waals surface area contributed by atoms with Gasteiger partial charge in [-0.15, -0.1) is 0 Å². The van der Waals surface area contributed by atoms with Crippen molar-refractivity contribution in [3.63, 3.8) is 0 Å². The fourth-order valence-corrected chi connectivity index (χ4v) is 2.92. The van der Waals surface area contributed by atoms with E-state index in [4.69, 9.17) is 0 Å². The van der Waals surface area contributed by atoms with Crippen LogP contribution in [0, 0.1) is 0 Å². The molecule has 0 fully saturated rings. The second-order valence-corrected chi connectivity index (χ2v) is 6.35. The largest absolute Gasteiger partial charge is 0.349 e. The van der Waals surface area contributed by atoms with E-state index in [0.717, 1.165) is 18.5 Å². The van der Waals surface area contributed by atoms with E-state index in [2.05, 4.69) is 22.7 Å². The molecule has 6 nitrogen and oxygen atoms in total. The maximum Gasteiger partial charge on any atom is 0.274 e. The number of carbonyl (C=O) groups excluding carboxylic acids is 1. The number of fused-ring (bicyclic) bond motifs is 1. The SMILES string of the molecule is CCCNCCNC(=O)c1nn(Cc2ccccc2)c(=O)c2ccccc12. The summed E-state index contributed by atoms with van der Waals surface area (Å²) >= 11 is 0. The van der Waals surface area contributed by atoms with Gasteiger partial charge in [0.05, 0.1) is 11.9 Å². The van der Waals surface area contributed by atoms with Crippen LogP contribution in [0.4, 0.5) is 0 Å². The van der Waals surface area contributed by atoms with Crippen LogP contribution in [-0.4, -0.2) is 35.3 Å². The highest BCUT2D eigenvalue weighted by Gasteiger charge is 2.16. The topological polar surface area (TPSA) is 76.0 Å². The fourth-order valence-electron chi connectivity index (χ4n) is 2.92. The molecule has 0 saturated carbocycles. The minimum atomic E-state index is -0.272. The van der Waals surface area contributed by atoms with Gasteiger partial charge >= 0.3 is 0 Å². The van der Waals surface area contributed by atoms with Crippen LogP contribution in [0.5, 0.6) is 0 Å². The first-order valence-electron chi connectivity index (χ1n) is 9.23. The monoisotopic (exact) mass is 364 g/mol. The molecule has 3 rings (SSSR count). The third-order valence-corrected chi connectivity index (χ3v) is 4.27. The second kappa shape index (κ2) is 9.09. The molecule has 1 aromatic heterocycles. The minimum absolute atomic E-state index is 0.199. The van der Waals surface area contributed by atoms with E-state index in [1.165, 1.54) is 4.68 Å². The van der Waals surface area contributed by atoms with Crippen molar-refractivity contribution >= 4 is 16.7 Å². The molecule has 0 aliphatic carbocycles. The number of hydrogen-bond donors (Lipinski definition) is 2. The lowest BCUT2D eigenvalue weighted by Gasteiger charge is -2.11. The standard InChI is InChI=1S/C21H24N4O2/c1-2-12-22-13-14-23-20(26)19-17-10-6-7-11-18(17)21(27)25(24-19)15-16-8-4-3-5-9-16/h3-11,22H,2,12-15H2,1H3,(H,23,26). The summed E-state index contributed by atoms with van der Waals surface area (Å²) in [6.07, 6.45) is 1.05. The first-order chi connectivity index (χ1) is 13.2. The summed E-state index contributed by atoms with van der Waals surface area (Å²) in [6, 6.07) is 16.7. The van der Waals surface area contributed by atoms with Crippen LogP contribution in [0.3, 0.4) is 0 Å². The molecule has 3 aromatic rings. The number of amides is 1. The number of rotatable bonds is 8. The van der Waals surface area contributed by atoms with Gasteiger partial charge in [0.25, 0.3) is 11.5 Å². The Labute approximate surface area is 158 Å². The molecule has 2 aromatic carbocycles. The van der Waals surface area contributed by atoms with Crippen LogP contribution in [-0.2, 0) is 6.54 Å². The third-order valence-electron chi connectivity index (χ3n) is 4.27. The van der Waals surface area contributed by atoms with Gasteiger partial charge in [-0.1, -0.05) is 55.5 Å².